The summed E-state index contributed by atoms with van der Waals surface area (Å²) in [4.78, 5) is 23.7. The van der Waals surface area contributed by atoms with Crippen LogP contribution in [0.25, 0.3) is 10.9 Å². The van der Waals surface area contributed by atoms with Gasteiger partial charge in [-0.1, -0.05) is 17.7 Å². The van der Waals surface area contributed by atoms with Crippen LogP contribution in [0.1, 0.15) is 23.1 Å². The van der Waals surface area contributed by atoms with E-state index in [4.69, 9.17) is 0 Å². The molecule has 1 saturated heterocycles. The van der Waals surface area contributed by atoms with E-state index in [1.165, 1.54) is 18.0 Å². The van der Waals surface area contributed by atoms with Gasteiger partial charge in [-0.3, -0.25) is 4.79 Å². The number of anilines is 2. The van der Waals surface area contributed by atoms with Gasteiger partial charge in [-0.2, -0.15) is 0 Å². The van der Waals surface area contributed by atoms with Crippen LogP contribution in [0.4, 0.5) is 11.5 Å². The SMILES string of the molecule is Cc1cc(C)c(N2CCC(Nc3ncnc4ccc(S(C)(=O)=O)cc34)C2=O)c(C)c1. The molecule has 2 aromatic carbocycles. The summed E-state index contributed by atoms with van der Waals surface area (Å²) in [5, 5.41) is 3.80. The van der Waals surface area contributed by atoms with Gasteiger partial charge in [0.15, 0.2) is 9.84 Å². The minimum Gasteiger partial charge on any atom is -0.358 e. The molecule has 1 aliphatic heterocycles. The third-order valence-corrected chi connectivity index (χ3v) is 6.57. The smallest absolute Gasteiger partial charge is 0.249 e. The Balaban J connectivity index is 1.66. The van der Waals surface area contributed by atoms with E-state index in [9.17, 15) is 13.2 Å². The Bertz CT molecular complexity index is 1250. The molecule has 1 amide bonds. The van der Waals surface area contributed by atoms with E-state index in [1.54, 1.807) is 12.1 Å². The van der Waals surface area contributed by atoms with Crippen molar-refractivity contribution in [3.05, 3.63) is 53.3 Å². The number of aromatic nitrogens is 2. The number of nitrogens with zero attached hydrogens (tertiary/aromatic N) is 3. The lowest BCUT2D eigenvalue weighted by Gasteiger charge is -2.22. The van der Waals surface area contributed by atoms with Crippen molar-refractivity contribution in [3.63, 3.8) is 0 Å². The van der Waals surface area contributed by atoms with Crippen LogP contribution in [0.2, 0.25) is 0 Å². The minimum atomic E-state index is -3.37. The normalized spacial score (nSPS) is 17.0. The quantitative estimate of drug-likeness (QED) is 0.692. The number of aryl methyl sites for hydroxylation is 3. The lowest BCUT2D eigenvalue weighted by Crippen LogP contribution is -2.34. The van der Waals surface area contributed by atoms with Gasteiger partial charge < -0.3 is 10.2 Å². The second kappa shape index (κ2) is 7.36. The molecule has 1 unspecified atom stereocenters. The van der Waals surface area contributed by atoms with Gasteiger partial charge in [-0.05, 0) is 56.5 Å². The summed E-state index contributed by atoms with van der Waals surface area (Å²) in [6, 6.07) is 8.46. The monoisotopic (exact) mass is 424 g/mol. The van der Waals surface area contributed by atoms with E-state index in [2.05, 4.69) is 27.4 Å². The van der Waals surface area contributed by atoms with E-state index in [1.807, 2.05) is 25.7 Å². The molecule has 1 N–H and O–H groups in total. The van der Waals surface area contributed by atoms with Crippen molar-refractivity contribution in [2.24, 2.45) is 0 Å². The predicted molar refractivity (Wildman–Crippen MR) is 118 cm³/mol. The number of hydrogen-bond acceptors (Lipinski definition) is 6. The molecule has 1 fully saturated rings. The Morgan fingerprint density at radius 2 is 1.77 bits per heavy atom. The van der Waals surface area contributed by atoms with E-state index in [0.29, 0.717) is 29.7 Å². The average molecular weight is 425 g/mol. The van der Waals surface area contributed by atoms with Crippen molar-refractivity contribution in [2.75, 3.05) is 23.0 Å². The summed E-state index contributed by atoms with van der Waals surface area (Å²) in [5.41, 5.74) is 4.90. The van der Waals surface area contributed by atoms with Gasteiger partial charge in [0.05, 0.1) is 10.4 Å². The third-order valence-electron chi connectivity index (χ3n) is 5.46. The third kappa shape index (κ3) is 3.63. The Labute approximate surface area is 176 Å². The first-order valence-electron chi connectivity index (χ1n) is 9.76. The number of amides is 1. The van der Waals surface area contributed by atoms with Crippen LogP contribution >= 0.6 is 0 Å². The summed E-state index contributed by atoms with van der Waals surface area (Å²) in [6.07, 6.45) is 3.20. The number of carbonyl (C=O) groups is 1. The molecule has 0 saturated carbocycles. The maximum atomic E-state index is 13.2. The molecule has 0 spiro atoms. The van der Waals surface area contributed by atoms with Gasteiger partial charge in [0, 0.05) is 23.9 Å². The number of sulfone groups is 1. The molecule has 1 aromatic heterocycles. The lowest BCUT2D eigenvalue weighted by atomic mass is 10.0. The molecule has 4 rings (SSSR count). The molecule has 1 aliphatic rings. The summed E-state index contributed by atoms with van der Waals surface area (Å²) in [6.45, 7) is 6.70. The fourth-order valence-corrected chi connectivity index (χ4v) is 4.83. The number of rotatable bonds is 4. The van der Waals surface area contributed by atoms with Crippen molar-refractivity contribution >= 4 is 38.2 Å². The predicted octanol–water partition coefficient (Wildman–Crippen LogP) is 3.18. The van der Waals surface area contributed by atoms with Crippen LogP contribution < -0.4 is 10.2 Å². The standard InChI is InChI=1S/C22H24N4O3S/c1-13-9-14(2)20(15(3)10-13)26-8-7-19(22(26)27)25-21-17-11-16(30(4,28)29)5-6-18(17)23-12-24-21/h5-6,9-12,19H,7-8H2,1-4H3,(H,23,24,25). The highest BCUT2D eigenvalue weighted by molar-refractivity contribution is 7.90. The lowest BCUT2D eigenvalue weighted by molar-refractivity contribution is -0.117. The summed E-state index contributed by atoms with van der Waals surface area (Å²) < 4.78 is 23.9. The Morgan fingerprint density at radius 3 is 2.43 bits per heavy atom. The number of hydrogen-bond donors (Lipinski definition) is 1. The van der Waals surface area contributed by atoms with Crippen LogP contribution in [0.3, 0.4) is 0 Å². The molecule has 2 heterocycles. The summed E-state index contributed by atoms with van der Waals surface area (Å²) in [5.74, 6) is 0.444. The van der Waals surface area contributed by atoms with Crippen LogP contribution in [0.5, 0.6) is 0 Å². The van der Waals surface area contributed by atoms with Gasteiger partial charge >= 0.3 is 0 Å². The molecule has 8 heteroatoms. The molecule has 0 bridgehead atoms. The first kappa shape index (κ1) is 20.3. The van der Waals surface area contributed by atoms with Crippen LogP contribution in [0, 0.1) is 20.8 Å². The summed E-state index contributed by atoms with van der Waals surface area (Å²) in [7, 11) is -3.37. The molecule has 156 valence electrons. The van der Waals surface area contributed by atoms with Crippen molar-refractivity contribution in [2.45, 2.75) is 38.1 Å². The fraction of sp³-hybridized carbons (Fsp3) is 0.318. The topological polar surface area (TPSA) is 92.3 Å². The van der Waals surface area contributed by atoms with E-state index >= 15 is 0 Å². The molecular weight excluding hydrogens is 400 g/mol. The molecule has 0 radical (unpaired) electrons. The molecule has 1 atom stereocenters. The zero-order valence-electron chi connectivity index (χ0n) is 17.4. The fourth-order valence-electron chi connectivity index (χ4n) is 4.18. The van der Waals surface area contributed by atoms with Gasteiger partial charge in [0.2, 0.25) is 5.91 Å². The second-order valence-electron chi connectivity index (χ2n) is 7.90. The van der Waals surface area contributed by atoms with E-state index in [-0.39, 0.29) is 10.8 Å². The van der Waals surface area contributed by atoms with Crippen LogP contribution in [-0.2, 0) is 14.6 Å². The molecule has 7 nitrogen and oxygen atoms in total. The molecule has 3 aromatic rings. The Morgan fingerprint density at radius 1 is 1.07 bits per heavy atom. The van der Waals surface area contributed by atoms with E-state index in [0.717, 1.165) is 23.1 Å². The zero-order valence-corrected chi connectivity index (χ0v) is 18.2. The number of fused-ring (bicyclic) bond motifs is 1. The highest BCUT2D eigenvalue weighted by Crippen LogP contribution is 2.31. The van der Waals surface area contributed by atoms with Crippen molar-refractivity contribution in [3.8, 4) is 0 Å². The van der Waals surface area contributed by atoms with Crippen molar-refractivity contribution in [1.82, 2.24) is 9.97 Å². The minimum absolute atomic E-state index is 0.0175. The number of benzene rings is 2. The van der Waals surface area contributed by atoms with Crippen LogP contribution in [0.15, 0.2) is 41.6 Å². The molecular formula is C22H24N4O3S. The number of nitrogens with one attached hydrogen (secondary N) is 1. The largest absolute Gasteiger partial charge is 0.358 e. The van der Waals surface area contributed by atoms with Crippen molar-refractivity contribution in [1.29, 1.82) is 0 Å². The van der Waals surface area contributed by atoms with Gasteiger partial charge in [0.25, 0.3) is 0 Å². The van der Waals surface area contributed by atoms with Gasteiger partial charge in [-0.15, -0.1) is 0 Å². The highest BCUT2D eigenvalue weighted by atomic mass is 32.2. The molecule has 30 heavy (non-hydrogen) atoms. The summed E-state index contributed by atoms with van der Waals surface area (Å²) >= 11 is 0. The molecule has 0 aliphatic carbocycles. The Hall–Kier alpha value is -3.00. The number of carbonyl (C=O) groups excluding carboxylic acids is 1. The van der Waals surface area contributed by atoms with Crippen LogP contribution in [-0.4, -0.2) is 43.1 Å². The average Bonchev–Trinajstić information content (AvgIpc) is 3.00. The van der Waals surface area contributed by atoms with Crippen molar-refractivity contribution < 1.29 is 13.2 Å². The van der Waals surface area contributed by atoms with Gasteiger partial charge in [0.1, 0.15) is 18.2 Å². The van der Waals surface area contributed by atoms with E-state index < -0.39 is 15.9 Å². The maximum absolute atomic E-state index is 13.2. The maximum Gasteiger partial charge on any atom is 0.249 e. The zero-order chi connectivity index (χ0) is 21.6. The highest BCUT2D eigenvalue weighted by Gasteiger charge is 2.34. The first-order valence-corrected chi connectivity index (χ1v) is 11.6. The van der Waals surface area contributed by atoms with Gasteiger partial charge in [-0.25, -0.2) is 18.4 Å². The Kier molecular flexibility index (Phi) is 4.97. The first-order chi connectivity index (χ1) is 14.1. The second-order valence-corrected chi connectivity index (χ2v) is 9.91.